The van der Waals surface area contributed by atoms with Gasteiger partial charge in [0, 0.05) is 26.2 Å². The molecule has 0 N–H and O–H groups in total. The van der Waals surface area contributed by atoms with Crippen LogP contribution in [0.3, 0.4) is 0 Å². The Hall–Kier alpha value is -2.13. The minimum atomic E-state index is -3.70. The van der Waals surface area contributed by atoms with Crippen molar-refractivity contribution in [2.24, 2.45) is 5.92 Å². The highest BCUT2D eigenvalue weighted by Gasteiger charge is 2.32. The molecule has 3 rings (SSSR count). The highest BCUT2D eigenvalue weighted by molar-refractivity contribution is 7.89. The van der Waals surface area contributed by atoms with Gasteiger partial charge in [0.05, 0.1) is 30.1 Å². The van der Waals surface area contributed by atoms with Crippen molar-refractivity contribution < 1.29 is 27.5 Å². The number of methoxy groups -OCH3 is 1. The van der Waals surface area contributed by atoms with E-state index in [9.17, 15) is 18.0 Å². The molecule has 0 aromatic heterocycles. The van der Waals surface area contributed by atoms with Gasteiger partial charge in [-0.1, -0.05) is 12.8 Å². The van der Waals surface area contributed by atoms with Crippen LogP contribution in [0.2, 0.25) is 0 Å². The molecule has 8 nitrogen and oxygen atoms in total. The first-order valence-electron chi connectivity index (χ1n) is 11.0. The maximum Gasteiger partial charge on any atom is 0.310 e. The Morgan fingerprint density at radius 2 is 1.77 bits per heavy atom. The van der Waals surface area contributed by atoms with Crippen LogP contribution in [0.1, 0.15) is 55.8 Å². The molecule has 2 heterocycles. The molecule has 9 heteroatoms. The lowest BCUT2D eigenvalue weighted by Crippen LogP contribution is -2.43. The number of hydrogen-bond acceptors (Lipinski definition) is 6. The maximum absolute atomic E-state index is 13.3. The zero-order valence-electron chi connectivity index (χ0n) is 18.3. The average Bonchev–Trinajstić information content (AvgIpc) is 3.08. The van der Waals surface area contributed by atoms with E-state index in [0.717, 1.165) is 25.7 Å². The molecule has 2 aliphatic rings. The number of likely N-dealkylation sites (tertiary alicyclic amines) is 1. The van der Waals surface area contributed by atoms with E-state index in [1.54, 1.807) is 11.8 Å². The summed E-state index contributed by atoms with van der Waals surface area (Å²) in [5, 5.41) is 0. The van der Waals surface area contributed by atoms with Crippen molar-refractivity contribution in [1.29, 1.82) is 0 Å². The number of rotatable bonds is 6. The van der Waals surface area contributed by atoms with Crippen LogP contribution in [-0.4, -0.2) is 69.4 Å². The van der Waals surface area contributed by atoms with Crippen molar-refractivity contribution in [2.75, 3.05) is 39.9 Å². The largest absolute Gasteiger partial charge is 0.496 e. The quantitative estimate of drug-likeness (QED) is 0.616. The van der Waals surface area contributed by atoms with Crippen molar-refractivity contribution >= 4 is 21.9 Å². The number of carbonyl (C=O) groups is 2. The molecule has 1 aromatic carbocycles. The predicted molar refractivity (Wildman–Crippen MR) is 115 cm³/mol. The lowest BCUT2D eigenvalue weighted by molar-refractivity contribution is -0.149. The van der Waals surface area contributed by atoms with Gasteiger partial charge in [-0.3, -0.25) is 9.59 Å². The van der Waals surface area contributed by atoms with Crippen LogP contribution in [0.15, 0.2) is 23.1 Å². The zero-order chi connectivity index (χ0) is 22.4. The van der Waals surface area contributed by atoms with Crippen molar-refractivity contribution in [1.82, 2.24) is 9.21 Å². The van der Waals surface area contributed by atoms with Gasteiger partial charge >= 0.3 is 5.97 Å². The van der Waals surface area contributed by atoms with Gasteiger partial charge in [-0.05, 0) is 50.8 Å². The van der Waals surface area contributed by atoms with Gasteiger partial charge in [-0.15, -0.1) is 0 Å². The fourth-order valence-electron chi connectivity index (χ4n) is 4.23. The third-order valence-corrected chi connectivity index (χ3v) is 7.83. The number of nitrogens with zero attached hydrogens (tertiary/aromatic N) is 2. The first-order valence-corrected chi connectivity index (χ1v) is 12.5. The van der Waals surface area contributed by atoms with Crippen molar-refractivity contribution in [3.8, 4) is 5.75 Å². The summed E-state index contributed by atoms with van der Waals surface area (Å²) in [5.74, 6) is -0.686. The number of amides is 1. The molecular weight excluding hydrogens is 420 g/mol. The molecule has 31 heavy (non-hydrogen) atoms. The fourth-order valence-corrected chi connectivity index (χ4v) is 5.77. The molecule has 172 valence electrons. The molecule has 1 aromatic rings. The molecule has 2 fully saturated rings. The minimum Gasteiger partial charge on any atom is -0.496 e. The topological polar surface area (TPSA) is 93.2 Å². The zero-order valence-corrected chi connectivity index (χ0v) is 19.2. The highest BCUT2D eigenvalue weighted by atomic mass is 32.2. The van der Waals surface area contributed by atoms with Crippen LogP contribution in [-0.2, 0) is 19.6 Å². The number of carbonyl (C=O) groups excluding carboxylic acids is 2. The van der Waals surface area contributed by atoms with Gasteiger partial charge in [0.25, 0.3) is 5.91 Å². The van der Waals surface area contributed by atoms with Crippen LogP contribution in [0.4, 0.5) is 0 Å². The van der Waals surface area contributed by atoms with Crippen LogP contribution in [0.5, 0.6) is 5.75 Å². The van der Waals surface area contributed by atoms with E-state index in [2.05, 4.69) is 0 Å². The van der Waals surface area contributed by atoms with E-state index in [0.29, 0.717) is 44.8 Å². The van der Waals surface area contributed by atoms with E-state index in [4.69, 9.17) is 9.47 Å². The Morgan fingerprint density at radius 3 is 2.42 bits per heavy atom. The Labute approximate surface area is 184 Å². The summed E-state index contributed by atoms with van der Waals surface area (Å²) in [4.78, 5) is 27.1. The van der Waals surface area contributed by atoms with Gasteiger partial charge in [0.15, 0.2) is 0 Å². The van der Waals surface area contributed by atoms with Crippen LogP contribution >= 0.6 is 0 Å². The molecular formula is C22H32N2O6S. The molecule has 2 aliphatic heterocycles. The number of esters is 1. The summed E-state index contributed by atoms with van der Waals surface area (Å²) in [6.45, 7) is 3.79. The second kappa shape index (κ2) is 10.5. The second-order valence-corrected chi connectivity index (χ2v) is 9.96. The van der Waals surface area contributed by atoms with Crippen molar-refractivity contribution in [2.45, 2.75) is 50.3 Å². The number of hydrogen-bond donors (Lipinski definition) is 0. The molecule has 0 aliphatic carbocycles. The Bertz CT molecular complexity index is 893. The van der Waals surface area contributed by atoms with E-state index >= 15 is 0 Å². The summed E-state index contributed by atoms with van der Waals surface area (Å²) >= 11 is 0. The summed E-state index contributed by atoms with van der Waals surface area (Å²) in [5.41, 5.74) is 0.197. The fraction of sp³-hybridized carbons (Fsp3) is 0.636. The van der Waals surface area contributed by atoms with Crippen LogP contribution in [0.25, 0.3) is 0 Å². The smallest absolute Gasteiger partial charge is 0.310 e. The van der Waals surface area contributed by atoms with E-state index in [1.807, 2.05) is 0 Å². The van der Waals surface area contributed by atoms with E-state index < -0.39 is 10.0 Å². The van der Waals surface area contributed by atoms with Gasteiger partial charge in [-0.2, -0.15) is 4.31 Å². The monoisotopic (exact) mass is 452 g/mol. The third kappa shape index (κ3) is 5.38. The predicted octanol–water partition coefficient (Wildman–Crippen LogP) is 2.68. The molecule has 1 unspecified atom stereocenters. The molecule has 0 saturated carbocycles. The summed E-state index contributed by atoms with van der Waals surface area (Å²) in [6.07, 6.45) is 5.07. The second-order valence-electron chi connectivity index (χ2n) is 8.02. The minimum absolute atomic E-state index is 0.0949. The molecule has 2 saturated heterocycles. The maximum atomic E-state index is 13.3. The number of sulfonamides is 1. The molecule has 0 spiro atoms. The van der Waals surface area contributed by atoms with Gasteiger partial charge in [0.1, 0.15) is 5.75 Å². The van der Waals surface area contributed by atoms with Gasteiger partial charge in [-0.25, -0.2) is 8.42 Å². The van der Waals surface area contributed by atoms with Crippen molar-refractivity contribution in [3.05, 3.63) is 23.8 Å². The average molecular weight is 453 g/mol. The summed E-state index contributed by atoms with van der Waals surface area (Å²) in [7, 11) is -2.24. The SMILES string of the molecule is CCOC(=O)C1CCCN(C(=O)c2cc(S(=O)(=O)N3CCCCCC3)ccc2OC)C1. The van der Waals surface area contributed by atoms with Crippen LogP contribution < -0.4 is 4.74 Å². The first-order chi connectivity index (χ1) is 14.9. The molecule has 0 radical (unpaired) electrons. The Morgan fingerprint density at radius 1 is 1.06 bits per heavy atom. The van der Waals surface area contributed by atoms with Gasteiger partial charge in [0.2, 0.25) is 10.0 Å². The first kappa shape index (κ1) is 23.5. The standard InChI is InChI=1S/C22H32N2O6S/c1-3-30-22(26)17-9-8-12-23(16-17)21(25)19-15-18(10-11-20(19)29-2)31(27,28)24-13-6-4-5-7-14-24/h10-11,15,17H,3-9,12-14,16H2,1-2H3. The van der Waals surface area contributed by atoms with E-state index in [-0.39, 0.29) is 34.8 Å². The number of benzene rings is 1. The summed E-state index contributed by atoms with van der Waals surface area (Å²) in [6, 6.07) is 4.44. The lowest BCUT2D eigenvalue weighted by Gasteiger charge is -2.32. The lowest BCUT2D eigenvalue weighted by atomic mass is 9.97. The molecule has 0 bridgehead atoms. The summed E-state index contributed by atoms with van der Waals surface area (Å²) < 4.78 is 38.4. The number of ether oxygens (including phenoxy) is 2. The Kier molecular flexibility index (Phi) is 7.94. The van der Waals surface area contributed by atoms with Crippen LogP contribution in [0, 0.1) is 5.92 Å². The number of piperidine rings is 1. The molecule has 1 amide bonds. The highest BCUT2D eigenvalue weighted by Crippen LogP contribution is 2.29. The molecule has 1 atom stereocenters. The van der Waals surface area contributed by atoms with Gasteiger partial charge < -0.3 is 14.4 Å². The normalized spacial score (nSPS) is 20.7. The van der Waals surface area contributed by atoms with Crippen molar-refractivity contribution in [3.63, 3.8) is 0 Å². The van der Waals surface area contributed by atoms with E-state index in [1.165, 1.54) is 29.6 Å². The Balaban J connectivity index is 1.86. The third-order valence-electron chi connectivity index (χ3n) is 5.93.